The molecule has 2 aliphatic heterocycles. The van der Waals surface area contributed by atoms with Crippen molar-refractivity contribution >= 4 is 29.2 Å². The average Bonchev–Trinajstić information content (AvgIpc) is 3.08. The summed E-state index contributed by atoms with van der Waals surface area (Å²) in [6.45, 7) is 2.80. The Morgan fingerprint density at radius 1 is 0.969 bits per heavy atom. The van der Waals surface area contributed by atoms with Gasteiger partial charge in [0.1, 0.15) is 11.4 Å². The highest BCUT2D eigenvalue weighted by Crippen LogP contribution is 2.39. The topological polar surface area (TPSA) is 47.9 Å². The van der Waals surface area contributed by atoms with Crippen molar-refractivity contribution in [2.75, 3.05) is 18.0 Å². The molecule has 3 aliphatic rings. The molecule has 0 radical (unpaired) electrons. The Hall–Kier alpha value is -2.37. The number of piperidine rings is 1. The molecule has 2 saturated heterocycles. The molecule has 0 unspecified atom stereocenters. The molecule has 3 fully saturated rings. The summed E-state index contributed by atoms with van der Waals surface area (Å²) >= 11 is 6.14. The Morgan fingerprint density at radius 3 is 2.34 bits per heavy atom. The zero-order valence-corrected chi connectivity index (χ0v) is 19.2. The number of nitrogens with zero attached hydrogens (tertiary/aromatic N) is 3. The summed E-state index contributed by atoms with van der Waals surface area (Å²) in [6.07, 6.45) is 7.74. The fourth-order valence-corrected chi connectivity index (χ4v) is 5.58. The highest BCUT2D eigenvalue weighted by Gasteiger charge is 2.53. The van der Waals surface area contributed by atoms with Gasteiger partial charge in [0.15, 0.2) is 0 Å². The monoisotopic (exact) mass is 450 g/mol. The van der Waals surface area contributed by atoms with Crippen molar-refractivity contribution in [1.82, 2.24) is 10.2 Å². The summed E-state index contributed by atoms with van der Waals surface area (Å²) in [5.74, 6) is 0.878. The standard InChI is InChI=1S/C26H31ClN4O/c27-21-11-13-23(14-12-21)31-25(32)29-24(28-22-9-5-2-6-10-22)26(31)15-17-30(18-16-26)19-20-7-3-1-4-8-20/h1,3-4,7-8,11-14,22H,2,5-6,9-10,15-19H2,(H,28,29,32). The Labute approximate surface area is 195 Å². The molecule has 1 aliphatic carbocycles. The van der Waals surface area contributed by atoms with Crippen molar-refractivity contribution in [2.45, 2.75) is 63.1 Å². The molecule has 0 aromatic heterocycles. The average molecular weight is 451 g/mol. The van der Waals surface area contributed by atoms with Gasteiger partial charge in [-0.15, -0.1) is 0 Å². The van der Waals surface area contributed by atoms with Crippen LogP contribution in [0.3, 0.4) is 0 Å². The Bertz CT molecular complexity index is 961. The van der Waals surface area contributed by atoms with Crippen LogP contribution in [-0.4, -0.2) is 41.4 Å². The van der Waals surface area contributed by atoms with E-state index in [9.17, 15) is 4.79 Å². The van der Waals surface area contributed by atoms with E-state index in [0.29, 0.717) is 11.1 Å². The van der Waals surface area contributed by atoms with E-state index in [0.717, 1.165) is 56.8 Å². The van der Waals surface area contributed by atoms with Crippen molar-refractivity contribution in [3.05, 3.63) is 65.2 Å². The number of amidine groups is 1. The third-order valence-electron chi connectivity index (χ3n) is 7.20. The van der Waals surface area contributed by atoms with Gasteiger partial charge in [0.2, 0.25) is 0 Å². The number of benzene rings is 2. The van der Waals surface area contributed by atoms with Crippen LogP contribution < -0.4 is 10.2 Å². The maximum Gasteiger partial charge on any atom is 0.328 e. The van der Waals surface area contributed by atoms with Gasteiger partial charge in [-0.3, -0.25) is 20.1 Å². The van der Waals surface area contributed by atoms with Crippen LogP contribution in [0.15, 0.2) is 59.6 Å². The Kier molecular flexibility index (Phi) is 6.20. The number of aliphatic imine (C=N–C) groups is 1. The molecular weight excluding hydrogens is 420 g/mol. The van der Waals surface area contributed by atoms with Crippen LogP contribution >= 0.6 is 11.6 Å². The van der Waals surface area contributed by atoms with Crippen molar-refractivity contribution in [3.8, 4) is 0 Å². The number of halogens is 1. The quantitative estimate of drug-likeness (QED) is 0.655. The molecule has 1 saturated carbocycles. The molecule has 6 heteroatoms. The lowest BCUT2D eigenvalue weighted by Gasteiger charge is -2.44. The fraction of sp³-hybridized carbons (Fsp3) is 0.462. The molecule has 5 nitrogen and oxygen atoms in total. The van der Waals surface area contributed by atoms with Gasteiger partial charge < -0.3 is 0 Å². The van der Waals surface area contributed by atoms with Crippen LogP contribution in [0, 0.1) is 0 Å². The van der Waals surface area contributed by atoms with Gasteiger partial charge in [-0.05, 0) is 55.5 Å². The van der Waals surface area contributed by atoms with Crippen LogP contribution in [0.25, 0.3) is 0 Å². The van der Waals surface area contributed by atoms with Gasteiger partial charge in [-0.2, -0.15) is 0 Å². The van der Waals surface area contributed by atoms with Gasteiger partial charge in [-0.25, -0.2) is 4.79 Å². The number of amides is 2. The second-order valence-electron chi connectivity index (χ2n) is 9.30. The summed E-state index contributed by atoms with van der Waals surface area (Å²) in [7, 11) is 0. The molecule has 2 aromatic carbocycles. The molecule has 1 spiro atoms. The van der Waals surface area contributed by atoms with Crippen LogP contribution in [0.1, 0.15) is 50.5 Å². The Morgan fingerprint density at radius 2 is 1.66 bits per heavy atom. The van der Waals surface area contributed by atoms with Crippen LogP contribution in [0.5, 0.6) is 0 Å². The molecule has 2 amide bonds. The minimum absolute atomic E-state index is 0.0709. The van der Waals surface area contributed by atoms with E-state index in [1.165, 1.54) is 24.8 Å². The van der Waals surface area contributed by atoms with Crippen LogP contribution in [0.2, 0.25) is 5.02 Å². The van der Waals surface area contributed by atoms with Gasteiger partial charge in [0, 0.05) is 30.3 Å². The highest BCUT2D eigenvalue weighted by atomic mass is 35.5. The second kappa shape index (κ2) is 9.24. The maximum atomic E-state index is 13.2. The number of anilines is 1. The molecule has 0 atom stereocenters. The smallest absolute Gasteiger partial charge is 0.299 e. The molecule has 2 aromatic rings. The summed E-state index contributed by atoms with van der Waals surface area (Å²) in [5.41, 5.74) is 1.81. The van der Waals surface area contributed by atoms with E-state index in [4.69, 9.17) is 16.6 Å². The third kappa shape index (κ3) is 4.28. The maximum absolute atomic E-state index is 13.2. The summed E-state index contributed by atoms with van der Waals surface area (Å²) in [6, 6.07) is 18.5. The number of urea groups is 1. The number of carbonyl (C=O) groups is 1. The van der Waals surface area contributed by atoms with Gasteiger partial charge in [-0.1, -0.05) is 61.2 Å². The van der Waals surface area contributed by atoms with E-state index in [-0.39, 0.29) is 6.03 Å². The first-order valence-corrected chi connectivity index (χ1v) is 12.2. The van der Waals surface area contributed by atoms with Crippen molar-refractivity contribution < 1.29 is 4.79 Å². The highest BCUT2D eigenvalue weighted by molar-refractivity contribution is 6.30. The molecular formula is C26H31ClN4O. The van der Waals surface area contributed by atoms with E-state index < -0.39 is 5.54 Å². The van der Waals surface area contributed by atoms with Gasteiger partial charge in [0.25, 0.3) is 0 Å². The van der Waals surface area contributed by atoms with Gasteiger partial charge in [0.05, 0.1) is 6.04 Å². The fourth-order valence-electron chi connectivity index (χ4n) is 5.46. The van der Waals surface area contributed by atoms with Gasteiger partial charge >= 0.3 is 6.03 Å². The summed E-state index contributed by atoms with van der Waals surface area (Å²) < 4.78 is 0. The molecule has 168 valence electrons. The zero-order valence-electron chi connectivity index (χ0n) is 18.5. The lowest BCUT2D eigenvalue weighted by Crippen LogP contribution is -2.57. The van der Waals surface area contributed by atoms with Crippen molar-refractivity contribution in [2.24, 2.45) is 4.99 Å². The number of carbonyl (C=O) groups excluding carboxylic acids is 1. The molecule has 5 rings (SSSR count). The third-order valence-corrected chi connectivity index (χ3v) is 7.45. The number of hydrogen-bond acceptors (Lipinski definition) is 3. The first-order chi connectivity index (χ1) is 15.6. The van der Waals surface area contributed by atoms with E-state index >= 15 is 0 Å². The minimum Gasteiger partial charge on any atom is -0.299 e. The summed E-state index contributed by atoms with van der Waals surface area (Å²) in [5, 5.41) is 3.85. The zero-order chi connectivity index (χ0) is 22.0. The van der Waals surface area contributed by atoms with Crippen LogP contribution in [0.4, 0.5) is 10.5 Å². The predicted octanol–water partition coefficient (Wildman–Crippen LogP) is 5.64. The van der Waals surface area contributed by atoms with Crippen LogP contribution in [-0.2, 0) is 6.54 Å². The van der Waals surface area contributed by atoms with Crippen molar-refractivity contribution in [1.29, 1.82) is 0 Å². The van der Waals surface area contributed by atoms with E-state index in [2.05, 4.69) is 40.5 Å². The normalized spacial score (nSPS) is 23.1. The van der Waals surface area contributed by atoms with Crippen molar-refractivity contribution in [3.63, 3.8) is 0 Å². The number of hydrogen-bond donors (Lipinski definition) is 1. The first kappa shape index (κ1) is 21.5. The SMILES string of the molecule is O=C1NC(=NC2CCCCC2)C2(CCN(Cc3ccccc3)CC2)N1c1ccc(Cl)cc1. The second-order valence-corrected chi connectivity index (χ2v) is 9.74. The lowest BCUT2D eigenvalue weighted by atomic mass is 9.84. The van der Waals surface area contributed by atoms with E-state index in [1.54, 1.807) is 0 Å². The lowest BCUT2D eigenvalue weighted by molar-refractivity contribution is 0.184. The largest absolute Gasteiger partial charge is 0.328 e. The molecule has 32 heavy (non-hydrogen) atoms. The number of rotatable bonds is 4. The van der Waals surface area contributed by atoms with E-state index in [1.807, 2.05) is 29.2 Å². The number of nitrogens with one attached hydrogen (secondary N) is 1. The predicted molar refractivity (Wildman–Crippen MR) is 130 cm³/mol. The molecule has 0 bridgehead atoms. The number of likely N-dealkylation sites (tertiary alicyclic amines) is 1. The Balaban J connectivity index is 1.43. The summed E-state index contributed by atoms with van der Waals surface area (Å²) in [4.78, 5) is 22.8. The molecule has 1 N–H and O–H groups in total. The first-order valence-electron chi connectivity index (χ1n) is 11.9. The molecule has 2 heterocycles. The minimum atomic E-state index is -0.407.